The number of ether oxygens (including phenoxy) is 2. The summed E-state index contributed by atoms with van der Waals surface area (Å²) in [4.78, 5) is 26.0. The number of ketones is 1. The van der Waals surface area contributed by atoms with Crippen molar-refractivity contribution in [2.75, 3.05) is 25.6 Å². The number of aryl methyl sites for hydroxylation is 1. The van der Waals surface area contributed by atoms with Gasteiger partial charge in [-0.3, -0.25) is 9.59 Å². The third kappa shape index (κ3) is 7.53. The monoisotopic (exact) mass is 501 g/mol. The van der Waals surface area contributed by atoms with E-state index < -0.39 is 6.10 Å². The molecule has 0 bridgehead atoms. The van der Waals surface area contributed by atoms with E-state index in [9.17, 15) is 14.7 Å². The summed E-state index contributed by atoms with van der Waals surface area (Å²) in [5.74, 6) is 1.14. The highest BCUT2D eigenvalue weighted by molar-refractivity contribution is 6.31. The molecule has 1 aliphatic rings. The van der Waals surface area contributed by atoms with Crippen LogP contribution in [0, 0.1) is 24.7 Å². The van der Waals surface area contributed by atoms with Crippen molar-refractivity contribution in [2.24, 2.45) is 17.8 Å². The predicted molar refractivity (Wildman–Crippen MR) is 138 cm³/mol. The highest BCUT2D eigenvalue weighted by Gasteiger charge is 2.28. The zero-order chi connectivity index (χ0) is 25.5. The Labute approximate surface area is 213 Å². The maximum Gasteiger partial charge on any atom is 0.255 e. The standard InChI is InChI=1S/C28H36ClNO5/c1-17-5-8-23(14-26(17)29)30-28(33)21-7-10-27(34-4)22(11-21)13-25(32)12-20-6-9-24(31)16-35-15-18(2)19(20)3/h5,7-8,10-11,14,18-20,24,31H,6,9,12-13,15-16H2,1-4H3,(H,30,33). The Morgan fingerprint density at radius 1 is 1.14 bits per heavy atom. The van der Waals surface area contributed by atoms with Crippen LogP contribution in [-0.2, 0) is 16.0 Å². The van der Waals surface area contributed by atoms with Gasteiger partial charge in [-0.05, 0) is 73.4 Å². The summed E-state index contributed by atoms with van der Waals surface area (Å²) in [6, 6.07) is 10.5. The van der Waals surface area contributed by atoms with Crippen LogP contribution in [-0.4, -0.2) is 43.2 Å². The van der Waals surface area contributed by atoms with Gasteiger partial charge in [0.05, 0.1) is 19.8 Å². The summed E-state index contributed by atoms with van der Waals surface area (Å²) in [6.45, 7) is 7.12. The lowest BCUT2D eigenvalue weighted by molar-refractivity contribution is -0.120. The van der Waals surface area contributed by atoms with E-state index in [4.69, 9.17) is 21.1 Å². The molecule has 0 radical (unpaired) electrons. The maximum absolute atomic E-state index is 13.1. The number of halogens is 1. The van der Waals surface area contributed by atoms with Gasteiger partial charge in [0.15, 0.2) is 0 Å². The molecule has 3 rings (SSSR count). The summed E-state index contributed by atoms with van der Waals surface area (Å²) in [7, 11) is 1.56. The molecule has 1 aliphatic heterocycles. The van der Waals surface area contributed by atoms with Crippen molar-refractivity contribution in [2.45, 2.75) is 52.6 Å². The Bertz CT molecular complexity index is 1040. The molecule has 2 aromatic carbocycles. The number of aliphatic hydroxyl groups is 1. The van der Waals surface area contributed by atoms with Crippen LogP contribution in [0.1, 0.15) is 54.6 Å². The van der Waals surface area contributed by atoms with Crippen LogP contribution in [0.3, 0.4) is 0 Å². The van der Waals surface area contributed by atoms with Crippen molar-refractivity contribution in [3.8, 4) is 5.75 Å². The van der Waals surface area contributed by atoms with E-state index in [2.05, 4.69) is 19.2 Å². The Kier molecular flexibility index (Phi) is 9.72. The molecule has 0 aromatic heterocycles. The third-order valence-electron chi connectivity index (χ3n) is 7.05. The first kappa shape index (κ1) is 27.2. The Morgan fingerprint density at radius 2 is 1.91 bits per heavy atom. The number of carbonyl (C=O) groups excluding carboxylic acids is 2. The van der Waals surface area contributed by atoms with Crippen molar-refractivity contribution in [1.29, 1.82) is 0 Å². The van der Waals surface area contributed by atoms with Crippen LogP contribution in [0.15, 0.2) is 36.4 Å². The van der Waals surface area contributed by atoms with Crippen molar-refractivity contribution in [3.63, 3.8) is 0 Å². The fourth-order valence-corrected chi connectivity index (χ4v) is 4.74. The van der Waals surface area contributed by atoms with Crippen molar-refractivity contribution >= 4 is 29.0 Å². The van der Waals surface area contributed by atoms with Crippen molar-refractivity contribution in [3.05, 3.63) is 58.1 Å². The first-order chi connectivity index (χ1) is 16.7. The van der Waals surface area contributed by atoms with Crippen molar-refractivity contribution in [1.82, 2.24) is 0 Å². The van der Waals surface area contributed by atoms with Gasteiger partial charge in [0, 0.05) is 41.3 Å². The molecule has 2 aromatic rings. The normalized spacial score (nSPS) is 23.0. The molecule has 190 valence electrons. The number of anilines is 1. The SMILES string of the molecule is COc1ccc(C(=O)Nc2ccc(C)c(Cl)c2)cc1CC(=O)CC1CCC(O)COCC(C)C1C. The van der Waals surface area contributed by atoms with Crippen LogP contribution in [0.4, 0.5) is 5.69 Å². The van der Waals surface area contributed by atoms with E-state index in [-0.39, 0.29) is 24.0 Å². The Balaban J connectivity index is 1.72. The first-order valence-electron chi connectivity index (χ1n) is 12.2. The number of nitrogens with one attached hydrogen (secondary N) is 1. The molecule has 4 atom stereocenters. The molecule has 1 fully saturated rings. The molecule has 1 amide bonds. The quantitative estimate of drug-likeness (QED) is 0.525. The van der Waals surface area contributed by atoms with Crippen LogP contribution in [0.2, 0.25) is 5.02 Å². The molecule has 35 heavy (non-hydrogen) atoms. The number of Topliss-reactive ketones (excluding diaryl/α,β-unsaturated/α-hetero) is 1. The van der Waals surface area contributed by atoms with E-state index in [0.29, 0.717) is 65.5 Å². The van der Waals surface area contributed by atoms with E-state index in [1.807, 2.05) is 13.0 Å². The molecule has 0 saturated carbocycles. The number of methoxy groups -OCH3 is 1. The molecule has 2 N–H and O–H groups in total. The van der Waals surface area contributed by atoms with Crippen LogP contribution >= 0.6 is 11.6 Å². The Morgan fingerprint density at radius 3 is 2.63 bits per heavy atom. The fourth-order valence-electron chi connectivity index (χ4n) is 4.56. The lowest BCUT2D eigenvalue weighted by atomic mass is 9.78. The topological polar surface area (TPSA) is 84.9 Å². The maximum atomic E-state index is 13.1. The summed E-state index contributed by atoms with van der Waals surface area (Å²) < 4.78 is 11.1. The van der Waals surface area contributed by atoms with Gasteiger partial charge >= 0.3 is 0 Å². The van der Waals surface area contributed by atoms with Crippen LogP contribution in [0.25, 0.3) is 0 Å². The molecule has 0 aliphatic carbocycles. The van der Waals surface area contributed by atoms with Crippen molar-refractivity contribution < 1.29 is 24.2 Å². The average Bonchev–Trinajstić information content (AvgIpc) is 2.88. The van der Waals surface area contributed by atoms with Gasteiger partial charge < -0.3 is 19.9 Å². The zero-order valence-electron chi connectivity index (χ0n) is 21.0. The number of benzene rings is 2. The predicted octanol–water partition coefficient (Wildman–Crippen LogP) is 5.47. The second-order valence-electron chi connectivity index (χ2n) is 9.73. The van der Waals surface area contributed by atoms with Gasteiger partial charge in [-0.25, -0.2) is 0 Å². The van der Waals surface area contributed by atoms with E-state index in [1.54, 1.807) is 37.4 Å². The lowest BCUT2D eigenvalue weighted by Gasteiger charge is -2.27. The highest BCUT2D eigenvalue weighted by atomic mass is 35.5. The second kappa shape index (κ2) is 12.5. The van der Waals surface area contributed by atoms with Gasteiger partial charge in [-0.2, -0.15) is 0 Å². The molecule has 4 unspecified atom stereocenters. The van der Waals surface area contributed by atoms with Gasteiger partial charge in [0.25, 0.3) is 5.91 Å². The molecular weight excluding hydrogens is 466 g/mol. The Hall–Kier alpha value is -2.41. The van der Waals surface area contributed by atoms with Gasteiger partial charge in [0.2, 0.25) is 0 Å². The minimum atomic E-state index is -0.496. The van der Waals surface area contributed by atoms with Gasteiger partial charge in [0.1, 0.15) is 11.5 Å². The zero-order valence-corrected chi connectivity index (χ0v) is 21.7. The number of rotatable bonds is 7. The summed E-state index contributed by atoms with van der Waals surface area (Å²) in [5, 5.41) is 13.6. The van der Waals surface area contributed by atoms with Gasteiger partial charge in [-0.15, -0.1) is 0 Å². The summed E-state index contributed by atoms with van der Waals surface area (Å²) >= 11 is 6.17. The number of hydrogen-bond acceptors (Lipinski definition) is 5. The number of carbonyl (C=O) groups is 2. The second-order valence-corrected chi connectivity index (χ2v) is 10.1. The van der Waals surface area contributed by atoms with E-state index in [0.717, 1.165) is 12.0 Å². The lowest BCUT2D eigenvalue weighted by Crippen LogP contribution is -2.24. The average molecular weight is 502 g/mol. The highest BCUT2D eigenvalue weighted by Crippen LogP contribution is 2.31. The molecular formula is C28H36ClNO5. The number of hydrogen-bond donors (Lipinski definition) is 2. The third-order valence-corrected chi connectivity index (χ3v) is 7.46. The smallest absolute Gasteiger partial charge is 0.255 e. The van der Waals surface area contributed by atoms with Crippen LogP contribution < -0.4 is 10.1 Å². The van der Waals surface area contributed by atoms with Gasteiger partial charge in [-0.1, -0.05) is 31.5 Å². The van der Waals surface area contributed by atoms with E-state index in [1.165, 1.54) is 0 Å². The molecule has 6 nitrogen and oxygen atoms in total. The van der Waals surface area contributed by atoms with Crippen LogP contribution in [0.5, 0.6) is 5.75 Å². The molecule has 0 spiro atoms. The minimum absolute atomic E-state index is 0.0879. The largest absolute Gasteiger partial charge is 0.496 e. The molecule has 1 saturated heterocycles. The number of aliphatic hydroxyl groups excluding tert-OH is 1. The van der Waals surface area contributed by atoms with E-state index >= 15 is 0 Å². The fraction of sp³-hybridized carbons (Fsp3) is 0.500. The number of amides is 1. The molecule has 1 heterocycles. The minimum Gasteiger partial charge on any atom is -0.496 e. The molecule has 7 heteroatoms. The summed E-state index contributed by atoms with van der Waals surface area (Å²) in [5.41, 5.74) is 2.66. The first-order valence-corrected chi connectivity index (χ1v) is 12.6. The summed E-state index contributed by atoms with van der Waals surface area (Å²) in [6.07, 6.45) is 1.50.